The minimum Gasteiger partial charge on any atom is -0.455 e. The summed E-state index contributed by atoms with van der Waals surface area (Å²) < 4.78 is 13.4. The van der Waals surface area contributed by atoms with Crippen molar-refractivity contribution in [2.45, 2.75) is 0 Å². The van der Waals surface area contributed by atoms with Gasteiger partial charge in [0, 0.05) is 27.5 Å². The quantitative estimate of drug-likeness (QED) is 0.193. The van der Waals surface area contributed by atoms with Crippen molar-refractivity contribution in [1.82, 2.24) is 0 Å². The molecule has 0 atom stereocenters. The van der Waals surface area contributed by atoms with E-state index in [4.69, 9.17) is 8.83 Å². The maximum atomic E-state index is 6.85. The highest BCUT2D eigenvalue weighted by Gasteiger charge is 2.24. The van der Waals surface area contributed by atoms with Gasteiger partial charge in [0.2, 0.25) is 0 Å². The average molecular weight is 587 g/mol. The van der Waals surface area contributed by atoms with Gasteiger partial charge in [-0.05, 0) is 61.6 Å². The molecule has 2 aromatic heterocycles. The molecule has 10 aromatic rings. The Morgan fingerprint density at radius 2 is 0.891 bits per heavy atom. The molecule has 214 valence electrons. The Hall–Kier alpha value is -6.12. The summed E-state index contributed by atoms with van der Waals surface area (Å²) in [6.07, 6.45) is 0. The van der Waals surface area contributed by atoms with E-state index in [2.05, 4.69) is 127 Å². The SMILES string of the molecule is c1ccc(-c2cc3c(o2)c(-c2c4ccccc4c(-c4cccc5ccccc45)c4ccccc24)cc2c4ccccc4oc32)cc1. The first-order chi connectivity index (χ1) is 22.8. The minimum atomic E-state index is 0.825. The molecular weight excluding hydrogens is 560 g/mol. The first-order valence-electron chi connectivity index (χ1n) is 15.7. The molecule has 0 amide bonds. The molecular formula is C44H26O2. The van der Waals surface area contributed by atoms with Crippen molar-refractivity contribution in [3.63, 3.8) is 0 Å². The fourth-order valence-electron chi connectivity index (χ4n) is 7.46. The second kappa shape index (κ2) is 9.69. The van der Waals surface area contributed by atoms with Gasteiger partial charge in [0.15, 0.2) is 0 Å². The molecule has 2 nitrogen and oxygen atoms in total. The highest BCUT2D eigenvalue weighted by atomic mass is 16.3. The largest absolute Gasteiger partial charge is 0.455 e. The van der Waals surface area contributed by atoms with Crippen LogP contribution in [0, 0.1) is 0 Å². The van der Waals surface area contributed by atoms with Gasteiger partial charge < -0.3 is 8.83 Å². The van der Waals surface area contributed by atoms with E-state index >= 15 is 0 Å². The second-order valence-electron chi connectivity index (χ2n) is 12.0. The molecule has 0 unspecified atom stereocenters. The van der Waals surface area contributed by atoms with Gasteiger partial charge in [-0.3, -0.25) is 0 Å². The summed E-state index contributed by atoms with van der Waals surface area (Å²) in [5, 5.41) is 10.5. The van der Waals surface area contributed by atoms with Crippen molar-refractivity contribution in [2.75, 3.05) is 0 Å². The Bertz CT molecular complexity index is 2740. The molecule has 10 rings (SSSR count). The van der Waals surface area contributed by atoms with Gasteiger partial charge in [-0.1, -0.05) is 140 Å². The first kappa shape index (κ1) is 25.2. The fourth-order valence-corrected chi connectivity index (χ4v) is 7.46. The van der Waals surface area contributed by atoms with E-state index in [0.29, 0.717) is 0 Å². The van der Waals surface area contributed by atoms with Crippen LogP contribution in [-0.4, -0.2) is 0 Å². The summed E-state index contributed by atoms with van der Waals surface area (Å²) in [4.78, 5) is 0. The second-order valence-corrected chi connectivity index (χ2v) is 12.0. The van der Waals surface area contributed by atoms with Gasteiger partial charge in [-0.15, -0.1) is 0 Å². The molecule has 8 aromatic carbocycles. The van der Waals surface area contributed by atoms with Gasteiger partial charge in [-0.2, -0.15) is 0 Å². The van der Waals surface area contributed by atoms with Crippen LogP contribution in [0.25, 0.3) is 98.8 Å². The Balaban J connectivity index is 1.39. The fraction of sp³-hybridized carbons (Fsp3) is 0. The number of hydrogen-bond acceptors (Lipinski definition) is 2. The van der Waals surface area contributed by atoms with E-state index in [1.807, 2.05) is 30.3 Å². The molecule has 0 aliphatic rings. The van der Waals surface area contributed by atoms with Crippen LogP contribution in [0.5, 0.6) is 0 Å². The highest BCUT2D eigenvalue weighted by Crippen LogP contribution is 2.49. The molecule has 0 N–H and O–H groups in total. The zero-order valence-electron chi connectivity index (χ0n) is 24.8. The van der Waals surface area contributed by atoms with Gasteiger partial charge in [-0.25, -0.2) is 0 Å². The Morgan fingerprint density at radius 1 is 0.326 bits per heavy atom. The van der Waals surface area contributed by atoms with E-state index in [0.717, 1.165) is 49.8 Å². The number of furan rings is 2. The third-order valence-electron chi connectivity index (χ3n) is 9.46. The molecule has 46 heavy (non-hydrogen) atoms. The topological polar surface area (TPSA) is 26.3 Å². The van der Waals surface area contributed by atoms with Crippen molar-refractivity contribution >= 4 is 65.2 Å². The molecule has 2 heterocycles. The zero-order chi connectivity index (χ0) is 30.2. The lowest BCUT2D eigenvalue weighted by molar-refractivity contribution is 0.632. The summed E-state index contributed by atoms with van der Waals surface area (Å²) in [5.74, 6) is 0.825. The van der Waals surface area contributed by atoms with E-state index in [1.54, 1.807) is 0 Å². The van der Waals surface area contributed by atoms with Crippen molar-refractivity contribution in [3.05, 3.63) is 158 Å². The lowest BCUT2D eigenvalue weighted by atomic mass is 9.84. The van der Waals surface area contributed by atoms with Crippen LogP contribution in [0.15, 0.2) is 167 Å². The van der Waals surface area contributed by atoms with Crippen LogP contribution >= 0.6 is 0 Å². The highest BCUT2D eigenvalue weighted by molar-refractivity contribution is 6.27. The van der Waals surface area contributed by atoms with Crippen LogP contribution in [-0.2, 0) is 0 Å². The summed E-state index contributed by atoms with van der Waals surface area (Å²) in [7, 11) is 0. The van der Waals surface area contributed by atoms with Crippen LogP contribution in [0.1, 0.15) is 0 Å². The van der Waals surface area contributed by atoms with Crippen LogP contribution in [0.4, 0.5) is 0 Å². The molecule has 0 saturated carbocycles. The molecule has 0 fully saturated rings. The summed E-state index contributed by atoms with van der Waals surface area (Å²) in [5.41, 5.74) is 8.32. The summed E-state index contributed by atoms with van der Waals surface area (Å²) in [6, 6.07) is 56.0. The third kappa shape index (κ3) is 3.59. The molecule has 2 heteroatoms. The molecule has 0 bridgehead atoms. The molecule has 0 spiro atoms. The molecule has 0 radical (unpaired) electrons. The maximum absolute atomic E-state index is 6.85. The number of benzene rings is 8. The van der Waals surface area contributed by atoms with Crippen molar-refractivity contribution in [1.29, 1.82) is 0 Å². The van der Waals surface area contributed by atoms with Gasteiger partial charge in [0.05, 0.1) is 5.39 Å². The molecule has 0 aliphatic carbocycles. The summed E-state index contributed by atoms with van der Waals surface area (Å²) in [6.45, 7) is 0. The Kier molecular flexibility index (Phi) is 5.31. The Morgan fingerprint density at radius 3 is 1.61 bits per heavy atom. The smallest absolute Gasteiger partial charge is 0.146 e. The van der Waals surface area contributed by atoms with E-state index in [1.165, 1.54) is 49.0 Å². The predicted molar refractivity (Wildman–Crippen MR) is 192 cm³/mol. The predicted octanol–water partition coefficient (Wildman–Crippen LogP) is 12.8. The number of fused-ring (bicyclic) bond motifs is 8. The Labute approximate surface area is 264 Å². The van der Waals surface area contributed by atoms with Crippen LogP contribution in [0.3, 0.4) is 0 Å². The van der Waals surface area contributed by atoms with Gasteiger partial charge in [0.25, 0.3) is 0 Å². The van der Waals surface area contributed by atoms with E-state index in [-0.39, 0.29) is 0 Å². The lowest BCUT2D eigenvalue weighted by Gasteiger charge is -2.19. The lowest BCUT2D eigenvalue weighted by Crippen LogP contribution is -1.92. The minimum absolute atomic E-state index is 0.825. The number of rotatable bonds is 3. The van der Waals surface area contributed by atoms with E-state index in [9.17, 15) is 0 Å². The van der Waals surface area contributed by atoms with Crippen LogP contribution in [0.2, 0.25) is 0 Å². The monoisotopic (exact) mass is 586 g/mol. The van der Waals surface area contributed by atoms with Crippen LogP contribution < -0.4 is 0 Å². The summed E-state index contributed by atoms with van der Waals surface area (Å²) >= 11 is 0. The zero-order valence-corrected chi connectivity index (χ0v) is 24.8. The van der Waals surface area contributed by atoms with Crippen molar-refractivity contribution in [3.8, 4) is 33.6 Å². The normalized spacial score (nSPS) is 11.9. The third-order valence-corrected chi connectivity index (χ3v) is 9.46. The van der Waals surface area contributed by atoms with Crippen molar-refractivity contribution < 1.29 is 8.83 Å². The number of hydrogen-bond donors (Lipinski definition) is 0. The maximum Gasteiger partial charge on any atom is 0.146 e. The molecule has 0 saturated heterocycles. The standard InChI is InChI=1S/C44H26O2/c1-2-14-28(15-3-1)40-26-38-43-36(30-18-10-11-24-39(30)45-43)25-37(44(38)46-40)42-34-21-8-6-19-32(34)41(33-20-7-9-22-35(33)42)31-23-12-16-27-13-4-5-17-29(27)31/h1-26H. The van der Waals surface area contributed by atoms with Crippen molar-refractivity contribution in [2.24, 2.45) is 0 Å². The van der Waals surface area contributed by atoms with E-state index < -0.39 is 0 Å². The molecule has 0 aliphatic heterocycles. The average Bonchev–Trinajstić information content (AvgIpc) is 3.73. The first-order valence-corrected chi connectivity index (χ1v) is 15.7. The van der Waals surface area contributed by atoms with Gasteiger partial charge in [0.1, 0.15) is 22.5 Å². The van der Waals surface area contributed by atoms with Gasteiger partial charge >= 0.3 is 0 Å². The number of para-hydroxylation sites is 1.